The molecule has 0 radical (unpaired) electrons. The number of para-hydroxylation sites is 1. The van der Waals surface area contributed by atoms with Gasteiger partial charge in [-0.05, 0) is 64.5 Å². The van der Waals surface area contributed by atoms with Crippen molar-refractivity contribution in [1.29, 1.82) is 0 Å². The normalized spacial score (nSPS) is 18.0. The molecule has 12 rings (SSSR count). The SMILES string of the molecule is COC[C@H](C(=O)Nc1cccc2c(-c3nc(Nc4cnn(C5CCOCC5)c4)ncc3F)c[nH]c12)N1CCN(C)CC1.IC1CCOCC1.Nc1cnn(C2CCOCC2)c1.O=[N+]([O-])c1cn[nH]c1.O=[N+]([O-])c1cnn(C2CCOCC2)c1. The van der Waals surface area contributed by atoms with Gasteiger partial charge in [0, 0.05) is 120 Å². The molecule has 1 atom stereocenters. The van der Waals surface area contributed by atoms with E-state index in [-0.39, 0.29) is 47.6 Å². The molecule has 5 fully saturated rings. The predicted octanol–water partition coefficient (Wildman–Crippen LogP) is 7.13. The summed E-state index contributed by atoms with van der Waals surface area (Å²) in [6.45, 7) is 10.1. The highest BCUT2D eigenvalue weighted by atomic mass is 127. The van der Waals surface area contributed by atoms with Crippen molar-refractivity contribution in [3.8, 4) is 11.3 Å². The molecule has 7 aromatic rings. The number of nitrogen functional groups attached to an aromatic ring is 1. The van der Waals surface area contributed by atoms with Gasteiger partial charge in [-0.1, -0.05) is 34.7 Å². The van der Waals surface area contributed by atoms with E-state index in [1.54, 1.807) is 30.4 Å². The molecule has 448 valence electrons. The number of aromatic nitrogens is 11. The molecule has 11 heterocycles. The Hall–Kier alpha value is -7.07. The molecule has 0 unspecified atom stereocenters. The van der Waals surface area contributed by atoms with Crippen LogP contribution in [0.25, 0.3) is 22.2 Å². The Morgan fingerprint density at radius 1 is 0.783 bits per heavy atom. The summed E-state index contributed by atoms with van der Waals surface area (Å²) in [5.74, 6) is -0.443. The smallest absolute Gasteiger partial charge is 0.307 e. The lowest BCUT2D eigenvalue weighted by Gasteiger charge is -2.36. The Balaban J connectivity index is 0.000000175. The third-order valence-electron chi connectivity index (χ3n) is 14.4. The molecular weight excluding hydrogens is 1190 g/mol. The van der Waals surface area contributed by atoms with Crippen molar-refractivity contribution < 1.29 is 42.7 Å². The summed E-state index contributed by atoms with van der Waals surface area (Å²) in [5.41, 5.74) is 9.06. The van der Waals surface area contributed by atoms with Crippen molar-refractivity contribution in [1.82, 2.24) is 64.3 Å². The fourth-order valence-electron chi connectivity index (χ4n) is 9.69. The number of nitrogens with two attached hydrogens (primary N) is 1. The first-order valence-electron chi connectivity index (χ1n) is 27.6. The zero-order valence-corrected chi connectivity index (χ0v) is 48.6. The van der Waals surface area contributed by atoms with Crippen molar-refractivity contribution in [2.24, 2.45) is 0 Å². The topological polar surface area (TPSA) is 330 Å². The number of fused-ring (bicyclic) bond motifs is 1. The van der Waals surface area contributed by atoms with Crippen molar-refractivity contribution in [3.63, 3.8) is 0 Å². The molecule has 6 N–H and O–H groups in total. The zero-order valence-electron chi connectivity index (χ0n) is 46.5. The van der Waals surface area contributed by atoms with Gasteiger partial charge in [0.25, 0.3) is 0 Å². The summed E-state index contributed by atoms with van der Waals surface area (Å²) in [6, 6.07) is 6.13. The molecular formula is C53H72FIN18O10. The number of aromatic amines is 2. The lowest BCUT2D eigenvalue weighted by atomic mass is 10.1. The Morgan fingerprint density at radius 3 is 1.88 bits per heavy atom. The van der Waals surface area contributed by atoms with Crippen LogP contribution < -0.4 is 16.4 Å². The molecule has 5 aliphatic rings. The summed E-state index contributed by atoms with van der Waals surface area (Å²) in [5, 5.41) is 45.5. The van der Waals surface area contributed by atoms with E-state index in [9.17, 15) is 25.0 Å². The number of methoxy groups -OCH3 is 1. The number of amides is 1. The van der Waals surface area contributed by atoms with Crippen molar-refractivity contribution in [3.05, 3.63) is 106 Å². The van der Waals surface area contributed by atoms with Crippen LogP contribution in [0.1, 0.15) is 69.5 Å². The van der Waals surface area contributed by atoms with E-state index >= 15 is 4.39 Å². The van der Waals surface area contributed by atoms with Gasteiger partial charge in [0.2, 0.25) is 11.9 Å². The Labute approximate surface area is 491 Å². The highest BCUT2D eigenvalue weighted by molar-refractivity contribution is 14.1. The van der Waals surface area contributed by atoms with Gasteiger partial charge in [-0.15, -0.1) is 0 Å². The maximum absolute atomic E-state index is 15.1. The van der Waals surface area contributed by atoms with Crippen LogP contribution in [0.5, 0.6) is 0 Å². The summed E-state index contributed by atoms with van der Waals surface area (Å²) < 4.78 is 47.9. The van der Waals surface area contributed by atoms with Gasteiger partial charge >= 0.3 is 11.4 Å². The molecule has 0 spiro atoms. The minimum Gasteiger partial charge on any atom is -0.396 e. The monoisotopic (exact) mass is 1270 g/mol. The van der Waals surface area contributed by atoms with E-state index in [1.807, 2.05) is 40.0 Å². The van der Waals surface area contributed by atoms with Gasteiger partial charge in [-0.2, -0.15) is 20.4 Å². The number of nitrogens with one attached hydrogen (secondary N) is 4. The summed E-state index contributed by atoms with van der Waals surface area (Å²) >= 11 is 2.48. The number of halogens is 2. The zero-order chi connectivity index (χ0) is 58.5. The third-order valence-corrected chi connectivity index (χ3v) is 15.6. The van der Waals surface area contributed by atoms with E-state index in [4.69, 9.17) is 29.4 Å². The predicted molar refractivity (Wildman–Crippen MR) is 314 cm³/mol. The Bertz CT molecular complexity index is 3090. The van der Waals surface area contributed by atoms with E-state index in [0.717, 1.165) is 132 Å². The third kappa shape index (κ3) is 18.2. The van der Waals surface area contributed by atoms with E-state index < -0.39 is 21.7 Å². The van der Waals surface area contributed by atoms with Gasteiger partial charge in [0.1, 0.15) is 30.3 Å². The number of likely N-dealkylation sites (N-methyl/N-ethyl adjacent to an activating group) is 1. The van der Waals surface area contributed by atoms with Crippen LogP contribution >= 0.6 is 22.6 Å². The number of piperazine rings is 1. The standard InChI is InChI=1S/C29H36FN9O3.C8H11N3O3.C8H13N3O.C5H9IO.C3H3N3O2/c1-37-8-10-38(11-9-37)25(18-41-2)28(40)35-24-5-3-4-21-22(15-31-27(21)24)26-23(30)16-32-29(36-26)34-19-14-33-39(17-19)20-6-12-42-13-7-20;12-11(13)8-5-9-10(6-8)7-1-3-14-4-2-7;9-7-5-10-11(6-7)8-1-3-12-4-2-8;6-5-1-3-7-4-2-5;7-6(8)3-1-4-5-2-3/h3-5,14-17,20,25,31H,6-13,18H2,1-2H3,(H,35,40)(H,32,34,36);5-7H,1-4H2;5-6,8H,1-4,9H2;5H,1-4H2;1-2H,(H,4,5)/t25-;;;;/m1..../s1. The average molecular weight is 1270 g/mol. The number of carbonyl (C=O) groups excluding carboxylic acids is 1. The Kier molecular flexibility index (Phi) is 23.6. The van der Waals surface area contributed by atoms with Crippen LogP contribution in [0.2, 0.25) is 0 Å². The van der Waals surface area contributed by atoms with Gasteiger partial charge < -0.3 is 49.9 Å². The summed E-state index contributed by atoms with van der Waals surface area (Å²) in [6.07, 6.45) is 23.3. The number of ether oxygens (including phenoxy) is 5. The number of nitrogens with zero attached hydrogens (tertiary/aromatic N) is 13. The molecule has 0 aliphatic carbocycles. The number of carbonyl (C=O) groups is 1. The van der Waals surface area contributed by atoms with Crippen molar-refractivity contribution >= 4 is 73.8 Å². The van der Waals surface area contributed by atoms with Crippen LogP contribution in [0.15, 0.2) is 80.2 Å². The lowest BCUT2D eigenvalue weighted by molar-refractivity contribution is -0.385. The highest BCUT2D eigenvalue weighted by Gasteiger charge is 2.29. The number of benzene rings is 1. The molecule has 28 nitrogen and oxygen atoms in total. The van der Waals surface area contributed by atoms with Crippen molar-refractivity contribution in [2.45, 2.75) is 79.5 Å². The molecule has 5 aliphatic heterocycles. The first-order chi connectivity index (χ1) is 40.3. The summed E-state index contributed by atoms with van der Waals surface area (Å²) in [4.78, 5) is 49.0. The number of alkyl halides is 1. The van der Waals surface area contributed by atoms with E-state index in [2.05, 4.69) is 90.5 Å². The maximum atomic E-state index is 15.1. The molecule has 30 heteroatoms. The quantitative estimate of drug-likeness (QED) is 0.0331. The van der Waals surface area contributed by atoms with Crippen molar-refractivity contribution in [2.75, 3.05) is 116 Å². The molecule has 6 aromatic heterocycles. The van der Waals surface area contributed by atoms with Gasteiger partial charge in [0.15, 0.2) is 5.82 Å². The number of nitro groups is 2. The van der Waals surface area contributed by atoms with Crippen LogP contribution in [-0.2, 0) is 28.5 Å². The molecule has 1 aromatic carbocycles. The number of hydrogen-bond donors (Lipinski definition) is 5. The first-order valence-corrected chi connectivity index (χ1v) is 28.8. The van der Waals surface area contributed by atoms with Gasteiger partial charge in [-0.3, -0.25) is 49.1 Å². The van der Waals surface area contributed by atoms with E-state index in [1.165, 1.54) is 31.4 Å². The number of anilines is 4. The fourth-order valence-corrected chi connectivity index (χ4v) is 10.2. The van der Waals surface area contributed by atoms with Gasteiger partial charge in [-0.25, -0.2) is 14.4 Å². The number of H-pyrrole nitrogens is 2. The summed E-state index contributed by atoms with van der Waals surface area (Å²) in [7, 11) is 3.68. The molecule has 0 bridgehead atoms. The minimum atomic E-state index is -0.552. The van der Waals surface area contributed by atoms with Gasteiger partial charge in [0.05, 0.1) is 81.9 Å². The second-order valence-electron chi connectivity index (χ2n) is 20.2. The lowest BCUT2D eigenvalue weighted by Crippen LogP contribution is -2.54. The largest absolute Gasteiger partial charge is 0.396 e. The number of rotatable bonds is 13. The molecule has 83 heavy (non-hydrogen) atoms. The molecule has 0 saturated carbocycles. The molecule has 1 amide bonds. The number of hydrogen-bond acceptors (Lipinski definition) is 20. The van der Waals surface area contributed by atoms with Crippen LogP contribution in [-0.4, -0.2) is 190 Å². The Morgan fingerprint density at radius 2 is 1.36 bits per heavy atom. The van der Waals surface area contributed by atoms with E-state index in [0.29, 0.717) is 41.7 Å². The minimum absolute atomic E-state index is 0.00926. The second kappa shape index (κ2) is 31.6. The average Bonchev–Trinajstić information content (AvgIpc) is 4.49. The molecule has 5 saturated heterocycles. The van der Waals surface area contributed by atoms with Crippen LogP contribution in [0.4, 0.5) is 38.8 Å². The first kappa shape index (κ1) is 62.0. The van der Waals surface area contributed by atoms with Crippen LogP contribution in [0, 0.1) is 26.0 Å². The van der Waals surface area contributed by atoms with Crippen LogP contribution in [0.3, 0.4) is 0 Å². The fraction of sp³-hybridized carbons (Fsp3) is 0.528. The highest BCUT2D eigenvalue weighted by Crippen LogP contribution is 2.34. The second-order valence-corrected chi connectivity index (χ2v) is 21.9. The maximum Gasteiger partial charge on any atom is 0.307 e.